The zero-order chi connectivity index (χ0) is 19.1. The number of hydrogen-bond acceptors (Lipinski definition) is 4. The molecule has 1 atom stereocenters. The summed E-state index contributed by atoms with van der Waals surface area (Å²) in [6.07, 6.45) is 1.72. The molecule has 1 fully saturated rings. The summed E-state index contributed by atoms with van der Waals surface area (Å²) in [6, 6.07) is 11.6. The topological polar surface area (TPSA) is 50.8 Å². The maximum absolute atomic E-state index is 13.1. The number of hydrogen-bond donors (Lipinski definition) is 1. The van der Waals surface area contributed by atoms with Crippen molar-refractivity contribution in [3.05, 3.63) is 52.5 Å². The van der Waals surface area contributed by atoms with Crippen LogP contribution in [-0.2, 0) is 0 Å². The van der Waals surface area contributed by atoms with E-state index in [-0.39, 0.29) is 24.2 Å². The second kappa shape index (κ2) is 6.97. The number of ether oxygens (including phenoxy) is 2. The predicted octanol–water partition coefficient (Wildman–Crippen LogP) is 4.86. The molecule has 2 aromatic rings. The van der Waals surface area contributed by atoms with Crippen LogP contribution in [-0.4, -0.2) is 30.1 Å². The number of carbonyl (C=O) groups is 1. The third-order valence-electron chi connectivity index (χ3n) is 4.82. The number of para-hydroxylation sites is 1. The van der Waals surface area contributed by atoms with Gasteiger partial charge in [0.15, 0.2) is 11.5 Å². The Kier molecular flexibility index (Phi) is 4.64. The molecule has 142 valence electrons. The SMILES string of the molecule is COc1cc([C@@H]2Nc3ccccc3C(=O)N2C2CC2)cc(Cl)c1OC(C)C. The van der Waals surface area contributed by atoms with Crippen LogP contribution in [0.1, 0.15) is 48.8 Å². The molecule has 0 saturated heterocycles. The Hall–Kier alpha value is -2.40. The first kappa shape index (κ1) is 18.0. The van der Waals surface area contributed by atoms with Crippen molar-refractivity contribution < 1.29 is 14.3 Å². The van der Waals surface area contributed by atoms with E-state index < -0.39 is 0 Å². The molecule has 0 spiro atoms. The molecule has 1 saturated carbocycles. The van der Waals surface area contributed by atoms with Crippen molar-refractivity contribution in [1.29, 1.82) is 0 Å². The van der Waals surface area contributed by atoms with E-state index in [1.54, 1.807) is 7.11 Å². The number of nitrogens with zero attached hydrogens (tertiary/aromatic N) is 1. The van der Waals surface area contributed by atoms with Gasteiger partial charge in [0, 0.05) is 17.3 Å². The maximum Gasteiger partial charge on any atom is 0.258 e. The second-order valence-corrected chi connectivity index (χ2v) is 7.64. The zero-order valence-electron chi connectivity index (χ0n) is 15.7. The van der Waals surface area contributed by atoms with Crippen LogP contribution in [0.4, 0.5) is 5.69 Å². The minimum absolute atomic E-state index is 0.0218. The lowest BCUT2D eigenvalue weighted by atomic mass is 10.0. The minimum Gasteiger partial charge on any atom is -0.493 e. The molecule has 1 aliphatic carbocycles. The van der Waals surface area contributed by atoms with Crippen LogP contribution in [0, 0.1) is 0 Å². The molecular formula is C21H23ClN2O3. The second-order valence-electron chi connectivity index (χ2n) is 7.24. The van der Waals surface area contributed by atoms with Crippen LogP contribution in [0.15, 0.2) is 36.4 Å². The van der Waals surface area contributed by atoms with Gasteiger partial charge in [0.1, 0.15) is 6.17 Å². The summed E-state index contributed by atoms with van der Waals surface area (Å²) in [7, 11) is 1.59. The quantitative estimate of drug-likeness (QED) is 0.796. The van der Waals surface area contributed by atoms with Crippen LogP contribution >= 0.6 is 11.6 Å². The number of halogens is 1. The molecule has 0 bridgehead atoms. The molecular weight excluding hydrogens is 364 g/mol. The van der Waals surface area contributed by atoms with Gasteiger partial charge in [-0.05, 0) is 51.0 Å². The Morgan fingerprint density at radius 2 is 1.96 bits per heavy atom. The van der Waals surface area contributed by atoms with Crippen LogP contribution in [0.5, 0.6) is 11.5 Å². The highest BCUT2D eigenvalue weighted by Crippen LogP contribution is 2.44. The Labute approximate surface area is 164 Å². The lowest BCUT2D eigenvalue weighted by Gasteiger charge is -2.38. The van der Waals surface area contributed by atoms with Gasteiger partial charge in [-0.1, -0.05) is 23.7 Å². The monoisotopic (exact) mass is 386 g/mol. The fourth-order valence-corrected chi connectivity index (χ4v) is 3.75. The van der Waals surface area contributed by atoms with Crippen LogP contribution in [0.2, 0.25) is 5.02 Å². The van der Waals surface area contributed by atoms with Gasteiger partial charge < -0.3 is 19.7 Å². The van der Waals surface area contributed by atoms with Gasteiger partial charge in [-0.3, -0.25) is 4.79 Å². The molecule has 1 N–H and O–H groups in total. The van der Waals surface area contributed by atoms with E-state index in [0.29, 0.717) is 22.1 Å². The third-order valence-corrected chi connectivity index (χ3v) is 5.10. The van der Waals surface area contributed by atoms with Crippen LogP contribution < -0.4 is 14.8 Å². The number of anilines is 1. The fraction of sp³-hybridized carbons (Fsp3) is 0.381. The summed E-state index contributed by atoms with van der Waals surface area (Å²) >= 11 is 6.52. The number of amides is 1. The molecule has 27 heavy (non-hydrogen) atoms. The van der Waals surface area contributed by atoms with Gasteiger partial charge in [-0.15, -0.1) is 0 Å². The molecule has 1 amide bonds. The molecule has 0 radical (unpaired) electrons. The highest BCUT2D eigenvalue weighted by atomic mass is 35.5. The van der Waals surface area contributed by atoms with Crippen LogP contribution in [0.3, 0.4) is 0 Å². The molecule has 1 aliphatic heterocycles. The van der Waals surface area contributed by atoms with Crippen molar-refractivity contribution >= 4 is 23.2 Å². The number of carbonyl (C=O) groups excluding carboxylic acids is 1. The normalized spacial score (nSPS) is 18.9. The van der Waals surface area contributed by atoms with Crippen molar-refractivity contribution in [2.45, 2.75) is 45.0 Å². The summed E-state index contributed by atoms with van der Waals surface area (Å²) in [6.45, 7) is 3.88. The average Bonchev–Trinajstić information content (AvgIpc) is 3.47. The largest absolute Gasteiger partial charge is 0.493 e. The van der Waals surface area contributed by atoms with Crippen molar-refractivity contribution in [3.8, 4) is 11.5 Å². The molecule has 5 nitrogen and oxygen atoms in total. The van der Waals surface area contributed by atoms with E-state index in [9.17, 15) is 4.79 Å². The fourth-order valence-electron chi connectivity index (χ4n) is 3.49. The van der Waals surface area contributed by atoms with Crippen molar-refractivity contribution in [3.63, 3.8) is 0 Å². The molecule has 6 heteroatoms. The number of methoxy groups -OCH3 is 1. The van der Waals surface area contributed by atoms with Gasteiger partial charge in [0.05, 0.1) is 23.8 Å². The Morgan fingerprint density at radius 1 is 1.22 bits per heavy atom. The van der Waals surface area contributed by atoms with E-state index in [1.807, 2.05) is 55.1 Å². The van der Waals surface area contributed by atoms with Crippen molar-refractivity contribution in [1.82, 2.24) is 4.90 Å². The van der Waals surface area contributed by atoms with Crippen LogP contribution in [0.25, 0.3) is 0 Å². The molecule has 0 aromatic heterocycles. The number of nitrogens with one attached hydrogen (secondary N) is 1. The standard InChI is InChI=1S/C21H23ClN2O3/c1-12(2)27-19-16(22)10-13(11-18(19)26-3)20-23-17-7-5-4-6-15(17)21(25)24(20)14-8-9-14/h4-7,10-12,14,20,23H,8-9H2,1-3H3/t20-/m1/s1. The lowest BCUT2D eigenvalue weighted by Crippen LogP contribution is -2.44. The van der Waals surface area contributed by atoms with Gasteiger partial charge in [-0.25, -0.2) is 0 Å². The van der Waals surface area contributed by atoms with Gasteiger partial charge >= 0.3 is 0 Å². The van der Waals surface area contributed by atoms with E-state index in [4.69, 9.17) is 21.1 Å². The minimum atomic E-state index is -0.292. The third kappa shape index (κ3) is 3.32. The first-order valence-corrected chi connectivity index (χ1v) is 9.59. The Bertz CT molecular complexity index is 880. The van der Waals surface area contributed by atoms with Gasteiger partial charge in [0.2, 0.25) is 0 Å². The molecule has 1 heterocycles. The number of fused-ring (bicyclic) bond motifs is 1. The zero-order valence-corrected chi connectivity index (χ0v) is 16.4. The highest BCUT2D eigenvalue weighted by molar-refractivity contribution is 6.32. The molecule has 2 aliphatic rings. The summed E-state index contributed by atoms with van der Waals surface area (Å²) in [4.78, 5) is 15.1. The number of rotatable bonds is 5. The van der Waals surface area contributed by atoms with Crippen molar-refractivity contribution in [2.24, 2.45) is 0 Å². The van der Waals surface area contributed by atoms with Crippen molar-refractivity contribution in [2.75, 3.05) is 12.4 Å². The average molecular weight is 387 g/mol. The smallest absolute Gasteiger partial charge is 0.258 e. The maximum atomic E-state index is 13.1. The summed E-state index contributed by atoms with van der Waals surface area (Å²) in [5, 5.41) is 3.98. The van der Waals surface area contributed by atoms with E-state index in [1.165, 1.54) is 0 Å². The predicted molar refractivity (Wildman–Crippen MR) is 106 cm³/mol. The molecule has 4 rings (SSSR count). The summed E-state index contributed by atoms with van der Waals surface area (Å²) in [5.74, 6) is 1.14. The Morgan fingerprint density at radius 3 is 2.63 bits per heavy atom. The number of benzene rings is 2. The highest BCUT2D eigenvalue weighted by Gasteiger charge is 2.42. The molecule has 2 aromatic carbocycles. The first-order valence-electron chi connectivity index (χ1n) is 9.22. The summed E-state index contributed by atoms with van der Waals surface area (Å²) in [5.41, 5.74) is 2.42. The van der Waals surface area contributed by atoms with Gasteiger partial charge in [0.25, 0.3) is 5.91 Å². The first-order chi connectivity index (χ1) is 13.0. The molecule has 0 unspecified atom stereocenters. The van der Waals surface area contributed by atoms with E-state index in [2.05, 4.69) is 5.32 Å². The van der Waals surface area contributed by atoms with E-state index >= 15 is 0 Å². The van der Waals surface area contributed by atoms with Gasteiger partial charge in [-0.2, -0.15) is 0 Å². The summed E-state index contributed by atoms with van der Waals surface area (Å²) < 4.78 is 11.3. The Balaban J connectivity index is 1.77. The van der Waals surface area contributed by atoms with E-state index in [0.717, 1.165) is 24.1 Å². The lowest BCUT2D eigenvalue weighted by molar-refractivity contribution is 0.0666.